The van der Waals surface area contributed by atoms with Crippen LogP contribution in [0.5, 0.6) is 0 Å². The first-order valence-corrected chi connectivity index (χ1v) is 8.36. The lowest BCUT2D eigenvalue weighted by atomic mass is 10.0. The van der Waals surface area contributed by atoms with Gasteiger partial charge in [0.1, 0.15) is 0 Å². The lowest BCUT2D eigenvalue weighted by Gasteiger charge is -2.30. The first-order chi connectivity index (χ1) is 11.0. The standard InChI is InChI=1S/C18H25F3O2/c1-2-3-4-5-14-6-8-16(9-7-14)17-22-12-15(13-23-17)10-11-18(19,20)21/h6-9,15,17H,2-5,10-13H2,1H3. The second kappa shape index (κ2) is 8.69. The molecule has 0 N–H and O–H groups in total. The van der Waals surface area contributed by atoms with Crippen LogP contribution in [0.1, 0.15) is 56.4 Å². The van der Waals surface area contributed by atoms with Crippen LogP contribution in [0.25, 0.3) is 0 Å². The molecule has 1 aliphatic heterocycles. The summed E-state index contributed by atoms with van der Waals surface area (Å²) in [5.74, 6) is -0.179. The van der Waals surface area contributed by atoms with Gasteiger partial charge in [-0.15, -0.1) is 0 Å². The lowest BCUT2D eigenvalue weighted by molar-refractivity contribution is -0.211. The van der Waals surface area contributed by atoms with Crippen LogP contribution in [0.3, 0.4) is 0 Å². The zero-order chi connectivity index (χ0) is 16.7. The van der Waals surface area contributed by atoms with Gasteiger partial charge >= 0.3 is 6.18 Å². The van der Waals surface area contributed by atoms with Gasteiger partial charge in [0.15, 0.2) is 6.29 Å². The SMILES string of the molecule is CCCCCc1ccc(C2OCC(CCC(F)(F)F)CO2)cc1. The highest BCUT2D eigenvalue weighted by atomic mass is 19.4. The minimum absolute atomic E-state index is 0.0621. The highest BCUT2D eigenvalue weighted by molar-refractivity contribution is 5.23. The Morgan fingerprint density at radius 1 is 1.04 bits per heavy atom. The molecule has 0 aliphatic carbocycles. The Labute approximate surface area is 136 Å². The van der Waals surface area contributed by atoms with Crippen molar-refractivity contribution < 1.29 is 22.6 Å². The zero-order valence-electron chi connectivity index (χ0n) is 13.6. The van der Waals surface area contributed by atoms with Crippen LogP contribution in [0, 0.1) is 5.92 Å². The van der Waals surface area contributed by atoms with Crippen molar-refractivity contribution in [1.29, 1.82) is 0 Å². The molecule has 0 spiro atoms. The molecule has 1 heterocycles. The maximum absolute atomic E-state index is 12.2. The van der Waals surface area contributed by atoms with Gasteiger partial charge in [0, 0.05) is 17.9 Å². The fourth-order valence-corrected chi connectivity index (χ4v) is 2.69. The third kappa shape index (κ3) is 6.51. The number of halogens is 3. The quantitative estimate of drug-likeness (QED) is 0.621. The maximum atomic E-state index is 12.2. The summed E-state index contributed by atoms with van der Waals surface area (Å²) >= 11 is 0. The fourth-order valence-electron chi connectivity index (χ4n) is 2.69. The summed E-state index contributed by atoms with van der Waals surface area (Å²) in [5, 5.41) is 0. The molecule has 1 aromatic carbocycles. The summed E-state index contributed by atoms with van der Waals surface area (Å²) in [5.41, 5.74) is 2.22. The van der Waals surface area contributed by atoms with Gasteiger partial charge in [-0.1, -0.05) is 44.0 Å². The van der Waals surface area contributed by atoms with Crippen LogP contribution in [0.15, 0.2) is 24.3 Å². The van der Waals surface area contributed by atoms with Crippen molar-refractivity contribution >= 4 is 0 Å². The third-order valence-corrected chi connectivity index (χ3v) is 4.12. The van der Waals surface area contributed by atoms with Crippen LogP contribution < -0.4 is 0 Å². The van der Waals surface area contributed by atoms with Crippen LogP contribution in [-0.2, 0) is 15.9 Å². The second-order valence-electron chi connectivity index (χ2n) is 6.22. The van der Waals surface area contributed by atoms with Crippen LogP contribution in [-0.4, -0.2) is 19.4 Å². The number of rotatable bonds is 7. The molecule has 2 rings (SSSR count). The predicted molar refractivity (Wildman–Crippen MR) is 83.1 cm³/mol. The Morgan fingerprint density at radius 2 is 1.70 bits per heavy atom. The Balaban J connectivity index is 1.76. The van der Waals surface area contributed by atoms with E-state index in [-0.39, 0.29) is 12.3 Å². The average molecular weight is 330 g/mol. The topological polar surface area (TPSA) is 18.5 Å². The molecule has 0 atom stereocenters. The molecule has 5 heteroatoms. The highest BCUT2D eigenvalue weighted by Crippen LogP contribution is 2.30. The smallest absolute Gasteiger partial charge is 0.348 e. The van der Waals surface area contributed by atoms with Gasteiger partial charge in [0.25, 0.3) is 0 Å². The first-order valence-electron chi connectivity index (χ1n) is 8.36. The summed E-state index contributed by atoms with van der Waals surface area (Å²) in [7, 11) is 0. The van der Waals surface area contributed by atoms with E-state index < -0.39 is 18.9 Å². The van der Waals surface area contributed by atoms with Gasteiger partial charge in [0.2, 0.25) is 0 Å². The molecule has 1 aromatic rings. The van der Waals surface area contributed by atoms with Gasteiger partial charge in [0.05, 0.1) is 13.2 Å². The van der Waals surface area contributed by atoms with Crippen molar-refractivity contribution in [3.8, 4) is 0 Å². The number of hydrogen-bond acceptors (Lipinski definition) is 2. The van der Waals surface area contributed by atoms with Gasteiger partial charge in [-0.05, 0) is 24.8 Å². The number of benzene rings is 1. The molecule has 1 aliphatic rings. The monoisotopic (exact) mass is 330 g/mol. The number of hydrogen-bond donors (Lipinski definition) is 0. The van der Waals surface area contributed by atoms with Crippen molar-refractivity contribution in [2.75, 3.05) is 13.2 Å². The van der Waals surface area contributed by atoms with E-state index >= 15 is 0 Å². The highest BCUT2D eigenvalue weighted by Gasteiger charge is 2.30. The van der Waals surface area contributed by atoms with E-state index in [0.29, 0.717) is 13.2 Å². The van der Waals surface area contributed by atoms with Crippen molar-refractivity contribution in [2.45, 2.75) is 57.9 Å². The average Bonchev–Trinajstić information content (AvgIpc) is 2.54. The van der Waals surface area contributed by atoms with Crippen LogP contribution in [0.4, 0.5) is 13.2 Å². The summed E-state index contributed by atoms with van der Waals surface area (Å²) in [6, 6.07) is 8.13. The van der Waals surface area contributed by atoms with E-state index in [4.69, 9.17) is 9.47 Å². The lowest BCUT2D eigenvalue weighted by Crippen LogP contribution is -2.28. The van der Waals surface area contributed by atoms with E-state index in [1.807, 2.05) is 12.1 Å². The van der Waals surface area contributed by atoms with Crippen molar-refractivity contribution in [1.82, 2.24) is 0 Å². The van der Waals surface area contributed by atoms with Gasteiger partial charge in [-0.2, -0.15) is 13.2 Å². The van der Waals surface area contributed by atoms with Gasteiger partial charge in [-0.3, -0.25) is 0 Å². The minimum atomic E-state index is -4.11. The normalized spacial score (nSPS) is 22.3. The number of aryl methyl sites for hydroxylation is 1. The van der Waals surface area contributed by atoms with E-state index in [9.17, 15) is 13.2 Å². The molecular weight excluding hydrogens is 305 g/mol. The molecule has 1 saturated heterocycles. The number of ether oxygens (including phenoxy) is 2. The van der Waals surface area contributed by atoms with Crippen molar-refractivity contribution in [2.24, 2.45) is 5.92 Å². The molecule has 0 bridgehead atoms. The molecule has 2 nitrogen and oxygen atoms in total. The van der Waals surface area contributed by atoms with E-state index in [1.165, 1.54) is 24.8 Å². The van der Waals surface area contributed by atoms with E-state index in [2.05, 4.69) is 19.1 Å². The molecule has 0 radical (unpaired) electrons. The Kier molecular flexibility index (Phi) is 6.90. The second-order valence-corrected chi connectivity index (χ2v) is 6.22. The van der Waals surface area contributed by atoms with Crippen LogP contribution in [0.2, 0.25) is 0 Å². The van der Waals surface area contributed by atoms with Crippen LogP contribution >= 0.6 is 0 Å². The molecule has 23 heavy (non-hydrogen) atoms. The first kappa shape index (κ1) is 18.3. The summed E-state index contributed by atoms with van der Waals surface area (Å²) in [6.07, 6.45) is -0.583. The summed E-state index contributed by atoms with van der Waals surface area (Å²) in [4.78, 5) is 0. The Morgan fingerprint density at radius 3 is 2.26 bits per heavy atom. The zero-order valence-corrected chi connectivity index (χ0v) is 13.6. The maximum Gasteiger partial charge on any atom is 0.389 e. The predicted octanol–water partition coefficient (Wildman–Crippen LogP) is 5.42. The summed E-state index contributed by atoms with van der Waals surface area (Å²) < 4.78 is 47.8. The molecule has 1 fully saturated rings. The molecule has 130 valence electrons. The minimum Gasteiger partial charge on any atom is -0.348 e. The molecule has 0 saturated carbocycles. The van der Waals surface area contributed by atoms with Crippen molar-refractivity contribution in [3.05, 3.63) is 35.4 Å². The van der Waals surface area contributed by atoms with Crippen molar-refractivity contribution in [3.63, 3.8) is 0 Å². The molecule has 0 unspecified atom stereocenters. The van der Waals surface area contributed by atoms with Gasteiger partial charge in [-0.25, -0.2) is 0 Å². The van der Waals surface area contributed by atoms with E-state index in [0.717, 1.165) is 12.0 Å². The third-order valence-electron chi connectivity index (χ3n) is 4.12. The summed E-state index contributed by atoms with van der Waals surface area (Å²) in [6.45, 7) is 2.82. The van der Waals surface area contributed by atoms with E-state index in [1.54, 1.807) is 0 Å². The Hall–Kier alpha value is -1.07. The Bertz CT molecular complexity index is 448. The van der Waals surface area contributed by atoms with Gasteiger partial charge < -0.3 is 9.47 Å². The number of alkyl halides is 3. The fraction of sp³-hybridized carbons (Fsp3) is 0.667. The largest absolute Gasteiger partial charge is 0.389 e. The molecule has 0 amide bonds. The number of unbranched alkanes of at least 4 members (excludes halogenated alkanes) is 2. The molecular formula is C18H25F3O2. The molecule has 0 aromatic heterocycles.